The Morgan fingerprint density at radius 1 is 1.20 bits per heavy atom. The molecule has 2 heterocycles. The van der Waals surface area contributed by atoms with Gasteiger partial charge in [-0.15, -0.1) is 0 Å². The first-order valence-corrected chi connectivity index (χ1v) is 5.24. The monoisotopic (exact) mass is 264 g/mol. The van der Waals surface area contributed by atoms with Crippen LogP contribution < -0.4 is 4.74 Å². The second-order valence-corrected chi connectivity index (χ2v) is 3.99. The molecule has 3 nitrogen and oxygen atoms in total. The second-order valence-electron chi connectivity index (χ2n) is 3.07. The molecule has 0 radical (unpaired) electrons. The Balaban J connectivity index is 2.22. The van der Waals surface area contributed by atoms with Crippen LogP contribution in [-0.4, -0.2) is 9.97 Å². The fourth-order valence-corrected chi connectivity index (χ4v) is 1.51. The molecule has 0 N–H and O–H groups in total. The van der Waals surface area contributed by atoms with E-state index in [1.807, 2.05) is 25.1 Å². The number of ether oxygens (including phenoxy) is 1. The van der Waals surface area contributed by atoms with E-state index in [2.05, 4.69) is 25.9 Å². The molecule has 2 aromatic rings. The van der Waals surface area contributed by atoms with Gasteiger partial charge in [0.15, 0.2) is 0 Å². The van der Waals surface area contributed by atoms with Crippen molar-refractivity contribution in [1.82, 2.24) is 9.97 Å². The van der Waals surface area contributed by atoms with Crippen molar-refractivity contribution in [3.05, 3.63) is 47.0 Å². The van der Waals surface area contributed by atoms with E-state index in [9.17, 15) is 0 Å². The Kier molecular flexibility index (Phi) is 2.97. The first kappa shape index (κ1) is 10.1. The van der Waals surface area contributed by atoms with E-state index >= 15 is 0 Å². The molecule has 2 rings (SSSR count). The van der Waals surface area contributed by atoms with Crippen LogP contribution in [0.15, 0.2) is 41.3 Å². The first-order chi connectivity index (χ1) is 7.24. The van der Waals surface area contributed by atoms with Gasteiger partial charge < -0.3 is 4.74 Å². The zero-order valence-electron chi connectivity index (χ0n) is 8.14. The Labute approximate surface area is 96.3 Å². The molecule has 0 bridgehead atoms. The van der Waals surface area contributed by atoms with Gasteiger partial charge in [-0.05, 0) is 35.0 Å². The first-order valence-electron chi connectivity index (χ1n) is 4.45. The topological polar surface area (TPSA) is 35.0 Å². The predicted octanol–water partition coefficient (Wildman–Crippen LogP) is 3.34. The van der Waals surface area contributed by atoms with E-state index in [1.165, 1.54) is 0 Å². The summed E-state index contributed by atoms with van der Waals surface area (Å²) in [5.41, 5.74) is 0.926. The van der Waals surface area contributed by atoms with Crippen LogP contribution in [0.4, 0.5) is 0 Å². The molecule has 0 fully saturated rings. The average Bonchev–Trinajstić information content (AvgIpc) is 2.17. The van der Waals surface area contributed by atoms with Gasteiger partial charge >= 0.3 is 0 Å². The van der Waals surface area contributed by atoms with Gasteiger partial charge in [0.25, 0.3) is 0 Å². The quantitative estimate of drug-likeness (QED) is 0.835. The summed E-state index contributed by atoms with van der Waals surface area (Å²) in [4.78, 5) is 8.11. The molecule has 0 saturated heterocycles. The number of aryl methyl sites for hydroxylation is 1. The maximum absolute atomic E-state index is 5.61. The maximum atomic E-state index is 5.61. The number of halogens is 1. The number of rotatable bonds is 2. The van der Waals surface area contributed by atoms with Gasteiger partial charge in [0.1, 0.15) is 11.5 Å². The summed E-state index contributed by atoms with van der Waals surface area (Å²) in [6, 6.07) is 5.55. The molecular formula is C11H9BrN2O. The largest absolute Gasteiger partial charge is 0.456 e. The Bertz CT molecular complexity index is 430. The number of aromatic nitrogens is 2. The third kappa shape index (κ3) is 2.76. The van der Waals surface area contributed by atoms with E-state index in [0.29, 0.717) is 5.75 Å². The molecule has 0 aromatic carbocycles. The van der Waals surface area contributed by atoms with Crippen molar-refractivity contribution in [1.29, 1.82) is 0 Å². The molecule has 0 atom stereocenters. The Morgan fingerprint density at radius 2 is 2.07 bits per heavy atom. The summed E-state index contributed by atoms with van der Waals surface area (Å²) >= 11 is 3.34. The molecule has 0 amide bonds. The SMILES string of the molecule is Cc1cc(Oc2cncc(Br)c2)ccn1. The summed E-state index contributed by atoms with van der Waals surface area (Å²) in [6.45, 7) is 1.92. The highest BCUT2D eigenvalue weighted by Gasteiger charge is 1.98. The zero-order valence-corrected chi connectivity index (χ0v) is 9.73. The van der Waals surface area contributed by atoms with Crippen LogP contribution in [0.25, 0.3) is 0 Å². The van der Waals surface area contributed by atoms with Crippen LogP contribution in [0.2, 0.25) is 0 Å². The van der Waals surface area contributed by atoms with Crippen LogP contribution in [0.1, 0.15) is 5.69 Å². The number of hydrogen-bond donors (Lipinski definition) is 0. The van der Waals surface area contributed by atoms with E-state index in [0.717, 1.165) is 15.9 Å². The molecule has 2 aromatic heterocycles. The van der Waals surface area contributed by atoms with Gasteiger partial charge in [-0.1, -0.05) is 0 Å². The van der Waals surface area contributed by atoms with Crippen LogP contribution in [-0.2, 0) is 0 Å². The minimum Gasteiger partial charge on any atom is -0.456 e. The van der Waals surface area contributed by atoms with Crippen LogP contribution in [0.5, 0.6) is 11.5 Å². The van der Waals surface area contributed by atoms with Crippen molar-refractivity contribution < 1.29 is 4.74 Å². The lowest BCUT2D eigenvalue weighted by molar-refractivity contribution is 0.478. The molecular weight excluding hydrogens is 256 g/mol. The van der Waals surface area contributed by atoms with Crippen LogP contribution in [0.3, 0.4) is 0 Å². The van der Waals surface area contributed by atoms with Gasteiger partial charge in [0, 0.05) is 28.6 Å². The Morgan fingerprint density at radius 3 is 2.80 bits per heavy atom. The minimum absolute atomic E-state index is 0.704. The standard InChI is InChI=1S/C11H9BrN2O/c1-8-4-10(2-3-14-8)15-11-5-9(12)6-13-7-11/h2-7H,1H3. The lowest BCUT2D eigenvalue weighted by Gasteiger charge is -2.05. The van der Waals surface area contributed by atoms with Crippen molar-refractivity contribution in [2.75, 3.05) is 0 Å². The van der Waals surface area contributed by atoms with Crippen molar-refractivity contribution >= 4 is 15.9 Å². The highest BCUT2D eigenvalue weighted by Crippen LogP contribution is 2.22. The highest BCUT2D eigenvalue weighted by molar-refractivity contribution is 9.10. The number of nitrogens with zero attached hydrogens (tertiary/aromatic N) is 2. The molecule has 0 spiro atoms. The molecule has 0 aliphatic heterocycles. The molecule has 0 saturated carbocycles. The van der Waals surface area contributed by atoms with Crippen molar-refractivity contribution in [2.24, 2.45) is 0 Å². The van der Waals surface area contributed by atoms with Gasteiger partial charge in [-0.3, -0.25) is 9.97 Å². The molecule has 15 heavy (non-hydrogen) atoms. The second kappa shape index (κ2) is 4.40. The smallest absolute Gasteiger partial charge is 0.146 e. The van der Waals surface area contributed by atoms with Gasteiger partial charge in [0.2, 0.25) is 0 Å². The number of hydrogen-bond acceptors (Lipinski definition) is 3. The molecule has 76 valence electrons. The van der Waals surface area contributed by atoms with E-state index in [4.69, 9.17) is 4.74 Å². The van der Waals surface area contributed by atoms with Gasteiger partial charge in [0.05, 0.1) is 6.20 Å². The van der Waals surface area contributed by atoms with Crippen molar-refractivity contribution in [3.8, 4) is 11.5 Å². The summed E-state index contributed by atoms with van der Waals surface area (Å²) in [7, 11) is 0. The van der Waals surface area contributed by atoms with E-state index < -0.39 is 0 Å². The third-order valence-corrected chi connectivity index (χ3v) is 2.22. The van der Waals surface area contributed by atoms with Gasteiger partial charge in [-0.25, -0.2) is 0 Å². The lowest BCUT2D eigenvalue weighted by Crippen LogP contribution is -1.87. The molecule has 0 unspecified atom stereocenters. The van der Waals surface area contributed by atoms with Crippen molar-refractivity contribution in [2.45, 2.75) is 6.92 Å². The minimum atomic E-state index is 0.704. The summed E-state index contributed by atoms with van der Waals surface area (Å²) in [5, 5.41) is 0. The molecule has 0 aliphatic rings. The summed E-state index contributed by atoms with van der Waals surface area (Å²) in [6.07, 6.45) is 5.10. The number of pyridine rings is 2. The molecule has 0 aliphatic carbocycles. The van der Waals surface area contributed by atoms with Crippen LogP contribution in [0, 0.1) is 6.92 Å². The van der Waals surface area contributed by atoms with Crippen LogP contribution >= 0.6 is 15.9 Å². The average molecular weight is 265 g/mol. The summed E-state index contributed by atoms with van der Waals surface area (Å²) in [5.74, 6) is 1.47. The zero-order chi connectivity index (χ0) is 10.7. The normalized spacial score (nSPS) is 10.0. The highest BCUT2D eigenvalue weighted by atomic mass is 79.9. The fraction of sp³-hybridized carbons (Fsp3) is 0.0909. The van der Waals surface area contributed by atoms with E-state index in [1.54, 1.807) is 18.6 Å². The van der Waals surface area contributed by atoms with E-state index in [-0.39, 0.29) is 0 Å². The third-order valence-electron chi connectivity index (χ3n) is 1.78. The fourth-order valence-electron chi connectivity index (χ4n) is 1.17. The van der Waals surface area contributed by atoms with Crippen molar-refractivity contribution in [3.63, 3.8) is 0 Å². The summed E-state index contributed by atoms with van der Waals surface area (Å²) < 4.78 is 6.50. The predicted molar refractivity (Wildman–Crippen MR) is 61.0 cm³/mol. The maximum Gasteiger partial charge on any atom is 0.146 e. The lowest BCUT2D eigenvalue weighted by atomic mass is 10.3. The van der Waals surface area contributed by atoms with Gasteiger partial charge in [-0.2, -0.15) is 0 Å². The Hall–Kier alpha value is -1.42. The molecule has 4 heteroatoms.